The summed E-state index contributed by atoms with van der Waals surface area (Å²) in [6.07, 6.45) is 1.83. The summed E-state index contributed by atoms with van der Waals surface area (Å²) in [4.78, 5) is 24.0. The average Bonchev–Trinajstić information content (AvgIpc) is 3.21. The van der Waals surface area contributed by atoms with Crippen molar-refractivity contribution in [2.24, 2.45) is 17.1 Å². The van der Waals surface area contributed by atoms with Gasteiger partial charge >= 0.3 is 5.97 Å². The Morgan fingerprint density at radius 2 is 1.65 bits per heavy atom. The number of benzene rings is 1. The van der Waals surface area contributed by atoms with Gasteiger partial charge in [0.25, 0.3) is 5.91 Å². The maximum absolute atomic E-state index is 11.8. The normalized spacial score (nSPS) is 12.5. The summed E-state index contributed by atoms with van der Waals surface area (Å²) in [5, 5.41) is 10.3. The minimum atomic E-state index is -0.534. The standard InChI is InChI=1S/C24H35NO3S.C6H12O2/c1-8-24(9-2,20-13-16(4)21(29-20)22(25)27)17-10-11-18(15(3)12-17)28-14-19(26)23(5,6)7;1-5(2)4-6(7)8-3/h10-13,19,26H,8-9,14H2,1-7H3,(H2,25,27);5H,4H2,1-3H3. The molecular formula is C30H47NO5S. The number of hydrogen-bond acceptors (Lipinski definition) is 6. The highest BCUT2D eigenvalue weighted by atomic mass is 32.1. The van der Waals surface area contributed by atoms with Gasteiger partial charge in [0, 0.05) is 16.7 Å². The Bertz CT molecular complexity index is 1030. The van der Waals surface area contributed by atoms with E-state index in [1.165, 1.54) is 28.9 Å². The van der Waals surface area contributed by atoms with E-state index in [1.807, 2.05) is 54.5 Å². The van der Waals surface area contributed by atoms with Gasteiger partial charge in [-0.2, -0.15) is 0 Å². The third-order valence-electron chi connectivity index (χ3n) is 6.75. The molecule has 7 heteroatoms. The smallest absolute Gasteiger partial charge is 0.305 e. The van der Waals surface area contributed by atoms with Gasteiger partial charge in [-0.15, -0.1) is 11.3 Å². The van der Waals surface area contributed by atoms with Gasteiger partial charge in [-0.05, 0) is 66.8 Å². The lowest BCUT2D eigenvalue weighted by atomic mass is 9.74. The van der Waals surface area contributed by atoms with Gasteiger partial charge < -0.3 is 20.3 Å². The number of hydrogen-bond donors (Lipinski definition) is 2. The molecule has 1 amide bonds. The van der Waals surface area contributed by atoms with E-state index in [-0.39, 0.29) is 29.3 Å². The number of aliphatic hydroxyl groups excluding tert-OH is 1. The van der Waals surface area contributed by atoms with Crippen LogP contribution in [0, 0.1) is 25.2 Å². The lowest BCUT2D eigenvalue weighted by Crippen LogP contribution is -2.32. The summed E-state index contributed by atoms with van der Waals surface area (Å²) in [6, 6.07) is 8.38. The Morgan fingerprint density at radius 3 is 2.03 bits per heavy atom. The van der Waals surface area contributed by atoms with Crippen LogP contribution in [0.4, 0.5) is 0 Å². The molecule has 1 heterocycles. The van der Waals surface area contributed by atoms with Gasteiger partial charge in [0.2, 0.25) is 0 Å². The zero-order chi connectivity index (χ0) is 28.6. The fourth-order valence-corrected chi connectivity index (χ4v) is 5.43. The van der Waals surface area contributed by atoms with Crippen LogP contribution in [0.1, 0.15) is 99.0 Å². The number of aliphatic hydroxyl groups is 1. The molecule has 0 saturated carbocycles. The number of thiophene rings is 1. The van der Waals surface area contributed by atoms with Crippen molar-refractivity contribution in [3.63, 3.8) is 0 Å². The Morgan fingerprint density at radius 1 is 1.05 bits per heavy atom. The molecule has 0 aliphatic carbocycles. The van der Waals surface area contributed by atoms with Crippen LogP contribution in [0.3, 0.4) is 0 Å². The number of aryl methyl sites for hydroxylation is 2. The lowest BCUT2D eigenvalue weighted by molar-refractivity contribution is -0.141. The van der Waals surface area contributed by atoms with E-state index in [4.69, 9.17) is 10.5 Å². The van der Waals surface area contributed by atoms with E-state index in [9.17, 15) is 14.7 Å². The van der Waals surface area contributed by atoms with Crippen molar-refractivity contribution in [1.82, 2.24) is 0 Å². The van der Waals surface area contributed by atoms with E-state index in [1.54, 1.807) is 0 Å². The van der Waals surface area contributed by atoms with Crippen molar-refractivity contribution < 1.29 is 24.2 Å². The highest BCUT2D eigenvalue weighted by Crippen LogP contribution is 2.44. The number of esters is 1. The second-order valence-corrected chi connectivity index (χ2v) is 12.2. The molecule has 1 aromatic heterocycles. The monoisotopic (exact) mass is 533 g/mol. The van der Waals surface area contributed by atoms with Crippen molar-refractivity contribution in [2.75, 3.05) is 13.7 Å². The Balaban J connectivity index is 0.000000738. The maximum atomic E-state index is 11.8. The first-order chi connectivity index (χ1) is 17.1. The second-order valence-electron chi connectivity index (χ2n) is 11.1. The van der Waals surface area contributed by atoms with Crippen molar-refractivity contribution in [3.8, 4) is 5.75 Å². The Kier molecular flexibility index (Phi) is 12.3. The van der Waals surface area contributed by atoms with Gasteiger partial charge in [0.1, 0.15) is 12.4 Å². The molecule has 2 rings (SSSR count). The fourth-order valence-electron chi connectivity index (χ4n) is 4.06. The van der Waals surface area contributed by atoms with Crippen LogP contribution >= 0.6 is 11.3 Å². The van der Waals surface area contributed by atoms with Crippen LogP contribution in [0.2, 0.25) is 0 Å². The molecular weight excluding hydrogens is 486 g/mol. The molecule has 2 aromatic rings. The number of amides is 1. The maximum Gasteiger partial charge on any atom is 0.305 e. The van der Waals surface area contributed by atoms with Gasteiger partial charge in [0.05, 0.1) is 18.1 Å². The summed E-state index contributed by atoms with van der Waals surface area (Å²) in [5.41, 5.74) is 8.36. The fraction of sp³-hybridized carbons (Fsp3) is 0.600. The predicted molar refractivity (Wildman–Crippen MR) is 153 cm³/mol. The molecule has 0 aliphatic heterocycles. The van der Waals surface area contributed by atoms with Crippen molar-refractivity contribution in [3.05, 3.63) is 50.7 Å². The molecule has 1 aromatic carbocycles. The molecule has 0 bridgehead atoms. The summed E-state index contributed by atoms with van der Waals surface area (Å²) >= 11 is 1.51. The number of primary amides is 1. The number of ether oxygens (including phenoxy) is 2. The van der Waals surface area contributed by atoms with E-state index in [0.717, 1.165) is 29.7 Å². The summed E-state index contributed by atoms with van der Waals surface area (Å²) in [5.74, 6) is 0.706. The van der Waals surface area contributed by atoms with Crippen LogP contribution in [0.15, 0.2) is 24.3 Å². The SMILES string of the molecule is CCC(CC)(c1ccc(OCC(O)C(C)(C)C)c(C)c1)c1cc(C)c(C(N)=O)s1.COC(=O)CC(C)C. The number of carbonyl (C=O) groups is 2. The topological polar surface area (TPSA) is 98.9 Å². The van der Waals surface area contributed by atoms with Crippen molar-refractivity contribution >= 4 is 23.2 Å². The van der Waals surface area contributed by atoms with Crippen molar-refractivity contribution in [1.29, 1.82) is 0 Å². The van der Waals surface area contributed by atoms with Crippen molar-refractivity contribution in [2.45, 2.75) is 93.1 Å². The molecule has 0 aliphatic rings. The third-order valence-corrected chi connectivity index (χ3v) is 8.20. The number of methoxy groups -OCH3 is 1. The van der Waals surface area contributed by atoms with Crippen LogP contribution in [-0.4, -0.2) is 36.8 Å². The minimum Gasteiger partial charge on any atom is -0.491 e. The van der Waals surface area contributed by atoms with Crippen LogP contribution in [0.25, 0.3) is 0 Å². The van der Waals surface area contributed by atoms with Gasteiger partial charge in [-0.25, -0.2) is 0 Å². The summed E-state index contributed by atoms with van der Waals surface area (Å²) in [6.45, 7) is 18.6. The van der Waals surface area contributed by atoms with Gasteiger partial charge in [-0.3, -0.25) is 9.59 Å². The molecule has 0 fully saturated rings. The molecule has 6 nitrogen and oxygen atoms in total. The molecule has 208 valence electrons. The zero-order valence-corrected chi connectivity index (χ0v) is 25.2. The Hall–Kier alpha value is -2.38. The third kappa shape index (κ3) is 8.85. The summed E-state index contributed by atoms with van der Waals surface area (Å²) < 4.78 is 10.3. The van der Waals surface area contributed by atoms with Gasteiger partial charge in [0.15, 0.2) is 0 Å². The molecule has 3 N–H and O–H groups in total. The Labute approximate surface area is 227 Å². The minimum absolute atomic E-state index is 0.125. The van der Waals surface area contributed by atoms with E-state index < -0.39 is 6.10 Å². The van der Waals surface area contributed by atoms with E-state index in [2.05, 4.69) is 36.8 Å². The van der Waals surface area contributed by atoms with Crippen LogP contribution < -0.4 is 10.5 Å². The molecule has 1 atom stereocenters. The number of nitrogens with two attached hydrogens (primary N) is 1. The van der Waals surface area contributed by atoms with E-state index >= 15 is 0 Å². The number of rotatable bonds is 10. The molecule has 37 heavy (non-hydrogen) atoms. The van der Waals surface area contributed by atoms with E-state index in [0.29, 0.717) is 17.2 Å². The second kappa shape index (κ2) is 14.0. The lowest BCUT2D eigenvalue weighted by Gasteiger charge is -2.32. The van der Waals surface area contributed by atoms with Crippen LogP contribution in [-0.2, 0) is 14.9 Å². The molecule has 0 radical (unpaired) electrons. The predicted octanol–water partition coefficient (Wildman–Crippen LogP) is 6.56. The molecule has 0 spiro atoms. The first-order valence-electron chi connectivity index (χ1n) is 13.0. The summed E-state index contributed by atoms with van der Waals surface area (Å²) in [7, 11) is 1.41. The largest absolute Gasteiger partial charge is 0.491 e. The zero-order valence-electron chi connectivity index (χ0n) is 24.4. The number of carbonyl (C=O) groups excluding carboxylic acids is 2. The molecule has 0 saturated heterocycles. The highest BCUT2D eigenvalue weighted by molar-refractivity contribution is 7.14. The first-order valence-corrected chi connectivity index (χ1v) is 13.8. The molecule has 1 unspecified atom stereocenters. The quantitative estimate of drug-likeness (QED) is 0.337. The van der Waals surface area contributed by atoms with Crippen LogP contribution in [0.5, 0.6) is 5.75 Å². The first kappa shape index (κ1) is 32.6. The van der Waals surface area contributed by atoms with Gasteiger partial charge in [-0.1, -0.05) is 60.6 Å². The average molecular weight is 534 g/mol. The highest BCUT2D eigenvalue weighted by Gasteiger charge is 2.34.